The Morgan fingerprint density at radius 2 is 2.20 bits per heavy atom. The van der Waals surface area contributed by atoms with Gasteiger partial charge in [-0.2, -0.15) is 16.3 Å². The number of alkyl halides is 1. The van der Waals surface area contributed by atoms with Gasteiger partial charge in [-0.15, -0.1) is 11.6 Å². The van der Waals surface area contributed by atoms with Crippen molar-refractivity contribution in [1.82, 2.24) is 14.5 Å². The zero-order chi connectivity index (χ0) is 14.1. The second-order valence-electron chi connectivity index (χ2n) is 4.50. The number of hydrogen-bond donors (Lipinski definition) is 0. The number of hydrogen-bond acceptors (Lipinski definition) is 4. The third kappa shape index (κ3) is 2.39. The maximum Gasteiger partial charge on any atom is 0.215 e. The van der Waals surface area contributed by atoms with Gasteiger partial charge in [-0.05, 0) is 35.4 Å². The van der Waals surface area contributed by atoms with Gasteiger partial charge < -0.3 is 9.30 Å². The average molecular weight is 308 g/mol. The van der Waals surface area contributed by atoms with Crippen LogP contribution in [0.25, 0.3) is 11.2 Å². The van der Waals surface area contributed by atoms with E-state index < -0.39 is 0 Å². The van der Waals surface area contributed by atoms with Crippen molar-refractivity contribution >= 4 is 34.1 Å². The first-order valence-electron chi connectivity index (χ1n) is 6.25. The summed E-state index contributed by atoms with van der Waals surface area (Å²) in [4.78, 5) is 9.08. The second kappa shape index (κ2) is 5.42. The van der Waals surface area contributed by atoms with Gasteiger partial charge in [-0.25, -0.2) is 4.98 Å². The largest absolute Gasteiger partial charge is 0.481 e. The van der Waals surface area contributed by atoms with Gasteiger partial charge in [0.25, 0.3) is 0 Å². The van der Waals surface area contributed by atoms with E-state index in [1.165, 1.54) is 5.56 Å². The summed E-state index contributed by atoms with van der Waals surface area (Å²) in [5.74, 6) is 1.41. The zero-order valence-electron chi connectivity index (χ0n) is 11.2. The molecule has 0 radical (unpaired) electrons. The molecule has 0 amide bonds. The number of halogens is 1. The van der Waals surface area contributed by atoms with E-state index in [4.69, 9.17) is 16.3 Å². The monoisotopic (exact) mass is 307 g/mol. The zero-order valence-corrected chi connectivity index (χ0v) is 12.8. The Labute approximate surface area is 126 Å². The first-order valence-corrected chi connectivity index (χ1v) is 7.63. The van der Waals surface area contributed by atoms with Gasteiger partial charge in [0.1, 0.15) is 11.3 Å². The van der Waals surface area contributed by atoms with E-state index in [0.717, 1.165) is 17.0 Å². The Hall–Kier alpha value is -1.59. The molecule has 0 saturated heterocycles. The lowest BCUT2D eigenvalue weighted by Crippen LogP contribution is -2.06. The summed E-state index contributed by atoms with van der Waals surface area (Å²) in [6.07, 6.45) is 0. The van der Waals surface area contributed by atoms with Crippen molar-refractivity contribution in [3.63, 3.8) is 0 Å². The number of ether oxygens (including phenoxy) is 1. The SMILES string of the molecule is COc1ccc2nc(C(C)Cl)n(Cc3ccsc3)c2n1. The summed E-state index contributed by atoms with van der Waals surface area (Å²) < 4.78 is 7.25. The molecule has 0 spiro atoms. The van der Waals surface area contributed by atoms with Crippen molar-refractivity contribution < 1.29 is 4.74 Å². The summed E-state index contributed by atoms with van der Waals surface area (Å²) in [5.41, 5.74) is 2.86. The Morgan fingerprint density at radius 1 is 1.35 bits per heavy atom. The summed E-state index contributed by atoms with van der Waals surface area (Å²) in [7, 11) is 1.61. The molecule has 0 aliphatic heterocycles. The molecule has 3 aromatic rings. The molecule has 0 aliphatic carbocycles. The van der Waals surface area contributed by atoms with E-state index in [2.05, 4.69) is 31.4 Å². The van der Waals surface area contributed by atoms with Gasteiger partial charge >= 0.3 is 0 Å². The van der Waals surface area contributed by atoms with Crippen LogP contribution in [-0.2, 0) is 6.54 Å². The lowest BCUT2D eigenvalue weighted by Gasteiger charge is -2.09. The smallest absolute Gasteiger partial charge is 0.215 e. The normalized spacial score (nSPS) is 12.8. The van der Waals surface area contributed by atoms with Gasteiger partial charge in [0, 0.05) is 6.07 Å². The van der Waals surface area contributed by atoms with Gasteiger partial charge in [-0.1, -0.05) is 0 Å². The van der Waals surface area contributed by atoms with E-state index in [-0.39, 0.29) is 5.38 Å². The molecule has 0 fully saturated rings. The first-order chi connectivity index (χ1) is 9.69. The molecule has 3 aromatic heterocycles. The van der Waals surface area contributed by atoms with Crippen molar-refractivity contribution in [3.05, 3.63) is 40.3 Å². The number of imidazole rings is 1. The highest BCUT2D eigenvalue weighted by Crippen LogP contribution is 2.26. The van der Waals surface area contributed by atoms with Crippen molar-refractivity contribution in [2.24, 2.45) is 0 Å². The third-order valence-corrected chi connectivity index (χ3v) is 4.01. The van der Waals surface area contributed by atoms with Gasteiger partial charge in [0.2, 0.25) is 5.88 Å². The molecule has 3 heterocycles. The fourth-order valence-electron chi connectivity index (χ4n) is 2.14. The van der Waals surface area contributed by atoms with Crippen molar-refractivity contribution in [2.75, 3.05) is 7.11 Å². The van der Waals surface area contributed by atoms with E-state index in [9.17, 15) is 0 Å². The molecule has 6 heteroatoms. The molecule has 0 saturated carbocycles. The highest BCUT2D eigenvalue weighted by molar-refractivity contribution is 7.07. The highest BCUT2D eigenvalue weighted by Gasteiger charge is 2.17. The van der Waals surface area contributed by atoms with Gasteiger partial charge in [0.05, 0.1) is 19.0 Å². The molecule has 0 aromatic carbocycles. The molecule has 104 valence electrons. The first kappa shape index (κ1) is 13.4. The molecule has 4 nitrogen and oxygen atoms in total. The fraction of sp³-hybridized carbons (Fsp3) is 0.286. The standard InChI is InChI=1S/C14H14ClN3OS/c1-9(15)13-16-11-3-4-12(19-2)17-14(11)18(13)7-10-5-6-20-8-10/h3-6,8-9H,7H2,1-2H3. The predicted octanol–water partition coefficient (Wildman–Crippen LogP) is 3.85. The van der Waals surface area contributed by atoms with Crippen LogP contribution in [0.5, 0.6) is 5.88 Å². The number of rotatable bonds is 4. The molecule has 1 atom stereocenters. The van der Waals surface area contributed by atoms with E-state index in [1.54, 1.807) is 18.4 Å². The van der Waals surface area contributed by atoms with Gasteiger partial charge in [-0.3, -0.25) is 0 Å². The summed E-state index contributed by atoms with van der Waals surface area (Å²) in [5, 5.41) is 4.01. The summed E-state index contributed by atoms with van der Waals surface area (Å²) in [6, 6.07) is 5.82. The predicted molar refractivity (Wildman–Crippen MR) is 81.8 cm³/mol. The van der Waals surface area contributed by atoms with Crippen LogP contribution in [0.2, 0.25) is 0 Å². The Morgan fingerprint density at radius 3 is 2.85 bits per heavy atom. The molecule has 0 bridgehead atoms. The molecular formula is C14H14ClN3OS. The van der Waals surface area contributed by atoms with Gasteiger partial charge in [0.15, 0.2) is 5.65 Å². The summed E-state index contributed by atoms with van der Waals surface area (Å²) >= 11 is 7.93. The van der Waals surface area contributed by atoms with Crippen LogP contribution in [0.3, 0.4) is 0 Å². The number of nitrogens with zero attached hydrogens (tertiary/aromatic N) is 3. The van der Waals surface area contributed by atoms with E-state index in [1.807, 2.05) is 19.1 Å². The Bertz CT molecular complexity index is 721. The van der Waals surface area contributed by atoms with Crippen molar-refractivity contribution in [1.29, 1.82) is 0 Å². The molecule has 20 heavy (non-hydrogen) atoms. The minimum atomic E-state index is -0.172. The number of aromatic nitrogens is 3. The van der Waals surface area contributed by atoms with Crippen LogP contribution >= 0.6 is 22.9 Å². The molecule has 1 unspecified atom stereocenters. The molecule has 3 rings (SSSR count). The quantitative estimate of drug-likeness (QED) is 0.687. The van der Waals surface area contributed by atoms with Crippen LogP contribution < -0.4 is 4.74 Å². The van der Waals surface area contributed by atoms with Crippen molar-refractivity contribution in [3.8, 4) is 5.88 Å². The van der Waals surface area contributed by atoms with Crippen LogP contribution in [0, 0.1) is 0 Å². The maximum absolute atomic E-state index is 6.25. The van der Waals surface area contributed by atoms with Crippen LogP contribution in [0.4, 0.5) is 0 Å². The summed E-state index contributed by atoms with van der Waals surface area (Å²) in [6.45, 7) is 2.64. The minimum absolute atomic E-state index is 0.172. The van der Waals surface area contributed by atoms with Crippen LogP contribution in [0.15, 0.2) is 29.0 Å². The van der Waals surface area contributed by atoms with Crippen LogP contribution in [0.1, 0.15) is 23.7 Å². The number of pyridine rings is 1. The number of methoxy groups -OCH3 is 1. The number of thiophene rings is 1. The van der Waals surface area contributed by atoms with E-state index >= 15 is 0 Å². The topological polar surface area (TPSA) is 39.9 Å². The lowest BCUT2D eigenvalue weighted by molar-refractivity contribution is 0.399. The number of fused-ring (bicyclic) bond motifs is 1. The second-order valence-corrected chi connectivity index (χ2v) is 5.93. The third-order valence-electron chi connectivity index (χ3n) is 3.08. The Kier molecular flexibility index (Phi) is 3.63. The maximum atomic E-state index is 6.25. The molecule has 0 aliphatic rings. The molecule has 0 N–H and O–H groups in total. The van der Waals surface area contributed by atoms with E-state index in [0.29, 0.717) is 12.4 Å². The van der Waals surface area contributed by atoms with Crippen LogP contribution in [-0.4, -0.2) is 21.6 Å². The highest BCUT2D eigenvalue weighted by atomic mass is 35.5. The minimum Gasteiger partial charge on any atom is -0.481 e. The average Bonchev–Trinajstić information content (AvgIpc) is 3.07. The van der Waals surface area contributed by atoms with Crippen molar-refractivity contribution in [2.45, 2.75) is 18.8 Å². The Balaban J connectivity index is 2.16. The molecular weight excluding hydrogens is 294 g/mol. The fourth-order valence-corrected chi connectivity index (χ4v) is 2.97. The lowest BCUT2D eigenvalue weighted by atomic mass is 10.3.